The van der Waals surface area contributed by atoms with E-state index in [2.05, 4.69) is 15.3 Å². The van der Waals surface area contributed by atoms with Gasteiger partial charge >= 0.3 is 6.09 Å². The van der Waals surface area contributed by atoms with E-state index in [1.807, 2.05) is 20.8 Å². The summed E-state index contributed by atoms with van der Waals surface area (Å²) < 4.78 is 5.13. The molecule has 0 radical (unpaired) electrons. The summed E-state index contributed by atoms with van der Waals surface area (Å²) in [4.78, 5) is 27.7. The quantitative estimate of drug-likeness (QED) is 0.337. The molecule has 1 aliphatic rings. The van der Waals surface area contributed by atoms with Crippen molar-refractivity contribution in [2.45, 2.75) is 45.6 Å². The average Bonchev–Trinajstić information content (AvgIpc) is 2.74. The lowest BCUT2D eigenvalue weighted by molar-refractivity contribution is -0.127. The van der Waals surface area contributed by atoms with Gasteiger partial charge in [0.1, 0.15) is 5.60 Å². The molecular weight excluding hydrogens is 286 g/mol. The number of carbonyl (C=O) groups is 2. The molecule has 124 valence electrons. The smallest absolute Gasteiger partial charge is 0.407 e. The monoisotopic (exact) mass is 311 g/mol. The van der Waals surface area contributed by atoms with Gasteiger partial charge in [0, 0.05) is 37.5 Å². The van der Waals surface area contributed by atoms with Crippen LogP contribution in [0.15, 0.2) is 5.11 Å². The van der Waals surface area contributed by atoms with Crippen molar-refractivity contribution in [2.24, 2.45) is 11.0 Å². The van der Waals surface area contributed by atoms with Crippen molar-refractivity contribution in [1.29, 1.82) is 0 Å². The van der Waals surface area contributed by atoms with Crippen LogP contribution >= 0.6 is 0 Å². The summed E-state index contributed by atoms with van der Waals surface area (Å²) in [5.74, 6) is 0.238. The standard InChI is InChI=1S/C14H25N5O3/c1-14(2,3)22-13(21)16-6-4-5-7-19-10-11(8-12(19)20)9-17-18-15/h11H,4-10H2,1-3H3,(H,16,21). The molecule has 2 amide bonds. The Hall–Kier alpha value is -1.95. The number of amides is 2. The second kappa shape index (κ2) is 8.48. The number of alkyl carbamates (subject to hydrolysis) is 1. The van der Waals surface area contributed by atoms with Gasteiger partial charge in [-0.15, -0.1) is 0 Å². The summed E-state index contributed by atoms with van der Waals surface area (Å²) in [6, 6.07) is 0. The number of nitrogens with one attached hydrogen (secondary N) is 1. The lowest BCUT2D eigenvalue weighted by Crippen LogP contribution is -2.33. The first-order valence-electron chi connectivity index (χ1n) is 7.57. The van der Waals surface area contributed by atoms with Crippen LogP contribution in [0, 0.1) is 5.92 Å². The van der Waals surface area contributed by atoms with Crippen molar-refractivity contribution in [1.82, 2.24) is 10.2 Å². The number of rotatable bonds is 7. The molecule has 0 aromatic carbocycles. The first-order chi connectivity index (χ1) is 10.3. The summed E-state index contributed by atoms with van der Waals surface area (Å²) >= 11 is 0. The molecule has 0 aromatic rings. The second-order valence-corrected chi connectivity index (χ2v) is 6.46. The Morgan fingerprint density at radius 3 is 2.86 bits per heavy atom. The first-order valence-corrected chi connectivity index (χ1v) is 7.57. The zero-order valence-corrected chi connectivity index (χ0v) is 13.5. The van der Waals surface area contributed by atoms with Gasteiger partial charge in [0.25, 0.3) is 0 Å². The summed E-state index contributed by atoms with van der Waals surface area (Å²) in [5.41, 5.74) is 7.80. The molecule has 1 atom stereocenters. The minimum Gasteiger partial charge on any atom is -0.444 e. The van der Waals surface area contributed by atoms with E-state index in [0.717, 1.165) is 12.8 Å². The molecule has 1 N–H and O–H groups in total. The number of ether oxygens (including phenoxy) is 1. The fourth-order valence-electron chi connectivity index (χ4n) is 2.28. The number of hydrogen-bond donors (Lipinski definition) is 1. The highest BCUT2D eigenvalue weighted by Crippen LogP contribution is 2.18. The van der Waals surface area contributed by atoms with Crippen LogP contribution < -0.4 is 5.32 Å². The Labute approximate surface area is 130 Å². The summed E-state index contributed by atoms with van der Waals surface area (Å²) in [5, 5.41) is 6.21. The molecule has 1 heterocycles. The van der Waals surface area contributed by atoms with E-state index < -0.39 is 11.7 Å². The van der Waals surface area contributed by atoms with Crippen LogP contribution in [0.4, 0.5) is 4.79 Å². The van der Waals surface area contributed by atoms with E-state index >= 15 is 0 Å². The largest absolute Gasteiger partial charge is 0.444 e. The van der Waals surface area contributed by atoms with E-state index in [0.29, 0.717) is 32.6 Å². The third-order valence-corrected chi connectivity index (χ3v) is 3.22. The Kier molecular flexibility index (Phi) is 6.98. The van der Waals surface area contributed by atoms with Crippen molar-refractivity contribution >= 4 is 12.0 Å². The summed E-state index contributed by atoms with van der Waals surface area (Å²) in [6.07, 6.45) is 1.63. The van der Waals surface area contributed by atoms with E-state index in [1.165, 1.54) is 0 Å². The molecule has 1 rings (SSSR count). The van der Waals surface area contributed by atoms with Gasteiger partial charge in [0.05, 0.1) is 0 Å². The molecule has 8 heteroatoms. The predicted molar refractivity (Wildman–Crippen MR) is 82.2 cm³/mol. The van der Waals surface area contributed by atoms with Gasteiger partial charge in [-0.25, -0.2) is 4.79 Å². The molecule has 1 aliphatic heterocycles. The van der Waals surface area contributed by atoms with Crippen LogP contribution in [0.1, 0.15) is 40.0 Å². The van der Waals surface area contributed by atoms with Crippen molar-refractivity contribution < 1.29 is 14.3 Å². The number of nitrogens with zero attached hydrogens (tertiary/aromatic N) is 4. The Balaban J connectivity index is 2.13. The lowest BCUT2D eigenvalue weighted by atomic mass is 10.1. The minimum atomic E-state index is -0.493. The van der Waals surface area contributed by atoms with Crippen LogP contribution in [-0.2, 0) is 9.53 Å². The van der Waals surface area contributed by atoms with Crippen LogP contribution in [0.5, 0.6) is 0 Å². The molecule has 0 aliphatic carbocycles. The van der Waals surface area contributed by atoms with E-state index in [4.69, 9.17) is 10.3 Å². The fourth-order valence-corrected chi connectivity index (χ4v) is 2.28. The molecule has 0 bridgehead atoms. The minimum absolute atomic E-state index is 0.109. The average molecular weight is 311 g/mol. The Bertz CT molecular complexity index is 440. The number of unbranched alkanes of at least 4 members (excludes halogenated alkanes) is 1. The highest BCUT2D eigenvalue weighted by molar-refractivity contribution is 5.78. The van der Waals surface area contributed by atoms with Gasteiger partial charge in [0.15, 0.2) is 0 Å². The lowest BCUT2D eigenvalue weighted by Gasteiger charge is -2.20. The maximum absolute atomic E-state index is 11.8. The topological polar surface area (TPSA) is 107 Å². The van der Waals surface area contributed by atoms with E-state index in [1.54, 1.807) is 4.90 Å². The third-order valence-electron chi connectivity index (χ3n) is 3.22. The highest BCUT2D eigenvalue weighted by Gasteiger charge is 2.28. The molecule has 22 heavy (non-hydrogen) atoms. The van der Waals surface area contributed by atoms with Gasteiger partial charge in [-0.05, 0) is 45.1 Å². The van der Waals surface area contributed by atoms with Crippen LogP contribution in [0.2, 0.25) is 0 Å². The molecule has 1 unspecified atom stereocenters. The van der Waals surface area contributed by atoms with Gasteiger partial charge in [-0.3, -0.25) is 4.79 Å². The van der Waals surface area contributed by atoms with Crippen LogP contribution in [0.3, 0.4) is 0 Å². The van der Waals surface area contributed by atoms with Crippen LogP contribution in [0.25, 0.3) is 10.4 Å². The van der Waals surface area contributed by atoms with Crippen molar-refractivity contribution in [3.63, 3.8) is 0 Å². The van der Waals surface area contributed by atoms with Gasteiger partial charge < -0.3 is 15.0 Å². The fraction of sp³-hybridized carbons (Fsp3) is 0.857. The number of azide groups is 1. The third kappa shape index (κ3) is 7.17. The molecule has 0 saturated carbocycles. The van der Waals surface area contributed by atoms with Gasteiger partial charge in [-0.1, -0.05) is 5.11 Å². The summed E-state index contributed by atoms with van der Waals surface area (Å²) in [7, 11) is 0. The Morgan fingerprint density at radius 1 is 1.50 bits per heavy atom. The zero-order chi connectivity index (χ0) is 16.6. The SMILES string of the molecule is CC(C)(C)OC(=O)NCCCCN1CC(CN=[N+]=[N-])CC1=O. The molecule has 1 saturated heterocycles. The van der Waals surface area contributed by atoms with Gasteiger partial charge in [-0.2, -0.15) is 0 Å². The normalized spacial score (nSPS) is 18.0. The van der Waals surface area contributed by atoms with Crippen molar-refractivity contribution in [3.8, 4) is 0 Å². The van der Waals surface area contributed by atoms with E-state index in [-0.39, 0.29) is 11.8 Å². The zero-order valence-electron chi connectivity index (χ0n) is 13.5. The van der Waals surface area contributed by atoms with Crippen molar-refractivity contribution in [3.05, 3.63) is 10.4 Å². The number of likely N-dealkylation sites (tertiary alicyclic amines) is 1. The molecular formula is C14H25N5O3. The Morgan fingerprint density at radius 2 is 2.23 bits per heavy atom. The number of carbonyl (C=O) groups excluding carboxylic acids is 2. The second-order valence-electron chi connectivity index (χ2n) is 6.46. The van der Waals surface area contributed by atoms with Crippen LogP contribution in [-0.4, -0.2) is 48.7 Å². The molecule has 0 aromatic heterocycles. The highest BCUT2D eigenvalue weighted by atomic mass is 16.6. The molecule has 8 nitrogen and oxygen atoms in total. The maximum atomic E-state index is 11.8. The number of hydrogen-bond acceptors (Lipinski definition) is 4. The van der Waals surface area contributed by atoms with Crippen molar-refractivity contribution in [2.75, 3.05) is 26.2 Å². The van der Waals surface area contributed by atoms with Gasteiger partial charge in [0.2, 0.25) is 5.91 Å². The predicted octanol–water partition coefficient (Wildman–Crippen LogP) is 2.45. The van der Waals surface area contributed by atoms with E-state index in [9.17, 15) is 9.59 Å². The molecule has 0 spiro atoms. The molecule has 1 fully saturated rings. The first kappa shape index (κ1) is 18.1. The summed E-state index contributed by atoms with van der Waals surface area (Å²) in [6.45, 7) is 7.67. The maximum Gasteiger partial charge on any atom is 0.407 e.